The van der Waals surface area contributed by atoms with E-state index in [0.29, 0.717) is 5.89 Å². The molecule has 13 heavy (non-hydrogen) atoms. The van der Waals surface area contributed by atoms with E-state index in [1.807, 2.05) is 11.6 Å². The zero-order chi connectivity index (χ0) is 9.10. The third-order valence-corrected chi connectivity index (χ3v) is 2.53. The van der Waals surface area contributed by atoms with E-state index >= 15 is 0 Å². The van der Waals surface area contributed by atoms with Gasteiger partial charge in [-0.05, 0) is 6.26 Å². The molecule has 0 saturated heterocycles. The van der Waals surface area contributed by atoms with E-state index in [0.717, 1.165) is 17.3 Å². The van der Waals surface area contributed by atoms with Crippen LogP contribution in [-0.4, -0.2) is 21.4 Å². The Kier molecular flexibility index (Phi) is 2.60. The number of aromatic nitrogens is 3. The summed E-state index contributed by atoms with van der Waals surface area (Å²) in [5.41, 5.74) is 2.50. The topological polar surface area (TPSA) is 51.8 Å². The van der Waals surface area contributed by atoms with Gasteiger partial charge in [-0.2, -0.15) is 16.7 Å². The van der Waals surface area contributed by atoms with Crippen molar-refractivity contribution in [1.29, 1.82) is 0 Å². The number of thioether (sulfide) groups is 1. The normalized spacial score (nSPS) is 10.5. The molecule has 2 rings (SSSR count). The molecule has 0 unspecified atom stereocenters. The Bertz CT molecular complexity index is 371. The fourth-order valence-corrected chi connectivity index (χ4v) is 1.77. The SMILES string of the molecule is CSCc1noc(-c2cscn2)n1. The third-order valence-electron chi connectivity index (χ3n) is 1.39. The Labute approximate surface area is 83.4 Å². The van der Waals surface area contributed by atoms with Gasteiger partial charge < -0.3 is 4.52 Å². The fourth-order valence-electron chi connectivity index (χ4n) is 0.864. The fraction of sp³-hybridized carbons (Fsp3) is 0.286. The lowest BCUT2D eigenvalue weighted by Gasteiger charge is -1.83. The summed E-state index contributed by atoms with van der Waals surface area (Å²) in [5, 5.41) is 5.70. The van der Waals surface area contributed by atoms with Crippen molar-refractivity contribution in [3.8, 4) is 11.6 Å². The Morgan fingerprint density at radius 1 is 1.62 bits per heavy atom. The average molecular weight is 213 g/mol. The summed E-state index contributed by atoms with van der Waals surface area (Å²) < 4.78 is 5.03. The second-order valence-electron chi connectivity index (χ2n) is 2.32. The van der Waals surface area contributed by atoms with Crippen LogP contribution in [0.4, 0.5) is 0 Å². The summed E-state index contributed by atoms with van der Waals surface area (Å²) in [6.45, 7) is 0. The van der Waals surface area contributed by atoms with E-state index in [1.165, 1.54) is 11.3 Å². The van der Waals surface area contributed by atoms with Crippen molar-refractivity contribution in [1.82, 2.24) is 15.1 Å². The highest BCUT2D eigenvalue weighted by Gasteiger charge is 2.09. The maximum atomic E-state index is 5.03. The van der Waals surface area contributed by atoms with Crippen LogP contribution < -0.4 is 0 Å². The number of nitrogens with zero attached hydrogens (tertiary/aromatic N) is 3. The minimum absolute atomic E-state index is 0.505. The summed E-state index contributed by atoms with van der Waals surface area (Å²) in [5.74, 6) is 1.99. The van der Waals surface area contributed by atoms with Crippen molar-refractivity contribution >= 4 is 23.1 Å². The van der Waals surface area contributed by atoms with Gasteiger partial charge in [0.25, 0.3) is 5.89 Å². The van der Waals surface area contributed by atoms with Crippen molar-refractivity contribution in [2.75, 3.05) is 6.26 Å². The van der Waals surface area contributed by atoms with E-state index in [-0.39, 0.29) is 0 Å². The molecule has 0 aliphatic heterocycles. The predicted molar refractivity (Wildman–Crippen MR) is 52.6 cm³/mol. The summed E-state index contributed by atoms with van der Waals surface area (Å²) in [6, 6.07) is 0. The number of rotatable bonds is 3. The maximum absolute atomic E-state index is 5.03. The smallest absolute Gasteiger partial charge is 0.277 e. The third kappa shape index (κ3) is 1.89. The van der Waals surface area contributed by atoms with Crippen LogP contribution in [0, 0.1) is 0 Å². The van der Waals surface area contributed by atoms with Crippen molar-refractivity contribution in [2.24, 2.45) is 0 Å². The van der Waals surface area contributed by atoms with Gasteiger partial charge in [0.1, 0.15) is 5.69 Å². The Hall–Kier alpha value is -0.880. The number of hydrogen-bond donors (Lipinski definition) is 0. The highest BCUT2D eigenvalue weighted by molar-refractivity contribution is 7.97. The first kappa shape index (κ1) is 8.71. The molecule has 2 aromatic rings. The van der Waals surface area contributed by atoms with Gasteiger partial charge in [-0.1, -0.05) is 5.16 Å². The molecule has 0 N–H and O–H groups in total. The zero-order valence-electron chi connectivity index (χ0n) is 6.93. The summed E-state index contributed by atoms with van der Waals surface area (Å²) in [7, 11) is 0. The lowest BCUT2D eigenvalue weighted by Crippen LogP contribution is -1.82. The number of hydrogen-bond acceptors (Lipinski definition) is 6. The lowest BCUT2D eigenvalue weighted by atomic mass is 10.5. The van der Waals surface area contributed by atoms with Crippen molar-refractivity contribution in [2.45, 2.75) is 5.75 Å². The van der Waals surface area contributed by atoms with Crippen molar-refractivity contribution in [3.63, 3.8) is 0 Å². The highest BCUT2D eigenvalue weighted by atomic mass is 32.2. The van der Waals surface area contributed by atoms with Crippen LogP contribution in [0.2, 0.25) is 0 Å². The maximum Gasteiger partial charge on any atom is 0.277 e. The van der Waals surface area contributed by atoms with Crippen molar-refractivity contribution in [3.05, 3.63) is 16.7 Å². The molecule has 68 valence electrons. The Balaban J connectivity index is 2.23. The quantitative estimate of drug-likeness (QED) is 0.781. The van der Waals surface area contributed by atoms with Gasteiger partial charge >= 0.3 is 0 Å². The molecule has 2 heterocycles. The minimum atomic E-state index is 0.505. The van der Waals surface area contributed by atoms with Gasteiger partial charge in [-0.25, -0.2) is 4.98 Å². The molecular weight excluding hydrogens is 206 g/mol. The van der Waals surface area contributed by atoms with E-state index < -0.39 is 0 Å². The molecule has 0 amide bonds. The Morgan fingerprint density at radius 2 is 2.54 bits per heavy atom. The van der Waals surface area contributed by atoms with E-state index in [4.69, 9.17) is 4.52 Å². The first-order chi connectivity index (χ1) is 6.40. The van der Waals surface area contributed by atoms with Gasteiger partial charge in [-0.15, -0.1) is 11.3 Å². The highest BCUT2D eigenvalue weighted by Crippen LogP contribution is 2.17. The zero-order valence-corrected chi connectivity index (χ0v) is 8.56. The largest absolute Gasteiger partial charge is 0.332 e. The Morgan fingerprint density at radius 3 is 3.23 bits per heavy atom. The van der Waals surface area contributed by atoms with E-state index in [9.17, 15) is 0 Å². The predicted octanol–water partition coefficient (Wildman–Crippen LogP) is 2.06. The molecule has 0 radical (unpaired) electrons. The van der Waals surface area contributed by atoms with Crippen LogP contribution in [0.15, 0.2) is 15.4 Å². The van der Waals surface area contributed by atoms with Crippen molar-refractivity contribution < 1.29 is 4.52 Å². The molecule has 0 saturated carbocycles. The first-order valence-corrected chi connectivity index (χ1v) is 5.94. The molecule has 0 aromatic carbocycles. The van der Waals surface area contributed by atoms with Gasteiger partial charge in [0, 0.05) is 5.38 Å². The average Bonchev–Trinajstić information content (AvgIpc) is 2.70. The van der Waals surface area contributed by atoms with E-state index in [2.05, 4.69) is 15.1 Å². The molecule has 0 fully saturated rings. The molecule has 4 nitrogen and oxygen atoms in total. The molecule has 0 atom stereocenters. The van der Waals surface area contributed by atoms with Crippen LogP contribution in [-0.2, 0) is 5.75 Å². The molecule has 6 heteroatoms. The van der Waals surface area contributed by atoms with Crippen LogP contribution in [0.3, 0.4) is 0 Å². The monoisotopic (exact) mass is 213 g/mol. The first-order valence-electron chi connectivity index (χ1n) is 3.60. The minimum Gasteiger partial charge on any atom is -0.332 e. The molecular formula is C7H7N3OS2. The molecule has 2 aromatic heterocycles. The van der Waals surface area contributed by atoms with Crippen LogP contribution in [0.25, 0.3) is 11.6 Å². The summed E-state index contributed by atoms with van der Waals surface area (Å²) in [4.78, 5) is 8.26. The standard InChI is InChI=1S/C7H7N3OS2/c1-12-3-6-9-7(11-10-6)5-2-13-4-8-5/h2,4H,3H2,1H3. The second kappa shape index (κ2) is 3.89. The van der Waals surface area contributed by atoms with Gasteiger partial charge in [0.15, 0.2) is 5.82 Å². The summed E-state index contributed by atoms with van der Waals surface area (Å²) >= 11 is 3.18. The van der Waals surface area contributed by atoms with Crippen LogP contribution in [0.1, 0.15) is 5.82 Å². The van der Waals surface area contributed by atoms with Gasteiger partial charge in [0.05, 0.1) is 11.3 Å². The van der Waals surface area contributed by atoms with Crippen LogP contribution >= 0.6 is 23.1 Å². The second-order valence-corrected chi connectivity index (χ2v) is 3.91. The lowest BCUT2D eigenvalue weighted by molar-refractivity contribution is 0.424. The molecule has 0 spiro atoms. The van der Waals surface area contributed by atoms with Gasteiger partial charge in [-0.3, -0.25) is 0 Å². The van der Waals surface area contributed by atoms with Gasteiger partial charge in [0.2, 0.25) is 0 Å². The molecule has 0 aliphatic carbocycles. The van der Waals surface area contributed by atoms with Crippen LogP contribution in [0.5, 0.6) is 0 Å². The van der Waals surface area contributed by atoms with E-state index in [1.54, 1.807) is 17.3 Å². The summed E-state index contributed by atoms with van der Waals surface area (Å²) in [6.07, 6.45) is 2.00. The molecule has 0 bridgehead atoms. The molecule has 0 aliphatic rings. The number of thiazole rings is 1.